The fraction of sp³-hybridized carbons (Fsp3) is 0.808. The van der Waals surface area contributed by atoms with Crippen LogP contribution in [0.15, 0.2) is 23.8 Å². The van der Waals surface area contributed by atoms with Crippen LogP contribution < -0.4 is 0 Å². The maximum Gasteiger partial charge on any atom is 0.508 e. The molecule has 0 saturated heterocycles. The summed E-state index contributed by atoms with van der Waals surface area (Å²) in [6, 6.07) is 0. The Morgan fingerprint density at radius 2 is 1.36 bits per heavy atom. The zero-order valence-electron chi connectivity index (χ0n) is 23.9. The number of carbonyl (C=O) groups is 1. The molecule has 0 fully saturated rings. The minimum absolute atomic E-state index is 0.00988. The van der Waals surface area contributed by atoms with Crippen LogP contribution in [-0.4, -0.2) is 48.7 Å². The van der Waals surface area contributed by atoms with Crippen LogP contribution in [0.2, 0.25) is 34.8 Å². The van der Waals surface area contributed by atoms with Crippen molar-refractivity contribution in [2.75, 3.05) is 13.7 Å². The molecule has 0 aliphatic heterocycles. The van der Waals surface area contributed by atoms with Crippen LogP contribution in [0, 0.1) is 0 Å². The van der Waals surface area contributed by atoms with Gasteiger partial charge in [0.1, 0.15) is 6.61 Å². The van der Waals surface area contributed by atoms with E-state index in [1.807, 2.05) is 13.0 Å². The molecule has 0 amide bonds. The van der Waals surface area contributed by atoms with Gasteiger partial charge in [-0.3, -0.25) is 0 Å². The molecule has 0 aliphatic rings. The lowest BCUT2D eigenvalue weighted by Gasteiger charge is -2.44. The number of carbonyl (C=O) groups excluding carboxylic acids is 1. The van der Waals surface area contributed by atoms with Gasteiger partial charge in [0.05, 0.1) is 19.3 Å². The van der Waals surface area contributed by atoms with Crippen molar-refractivity contribution in [2.45, 2.75) is 123 Å². The molecule has 194 valence electrons. The molecule has 0 rings (SSSR count). The van der Waals surface area contributed by atoms with Crippen LogP contribution in [0.5, 0.6) is 0 Å². The molecule has 0 heterocycles. The zero-order chi connectivity index (χ0) is 26.2. The molecule has 7 heteroatoms. The topological polar surface area (TPSA) is 54.0 Å². The van der Waals surface area contributed by atoms with E-state index in [0.717, 1.165) is 5.57 Å². The first-order valence-electron chi connectivity index (χ1n) is 12.3. The van der Waals surface area contributed by atoms with Crippen molar-refractivity contribution in [3.8, 4) is 0 Å². The van der Waals surface area contributed by atoms with Crippen molar-refractivity contribution in [1.29, 1.82) is 0 Å². The van der Waals surface area contributed by atoms with Gasteiger partial charge in [-0.1, -0.05) is 74.5 Å². The van der Waals surface area contributed by atoms with E-state index in [0.29, 0.717) is 16.6 Å². The van der Waals surface area contributed by atoms with E-state index in [1.165, 1.54) is 7.11 Å². The van der Waals surface area contributed by atoms with E-state index in [-0.39, 0.29) is 23.9 Å². The fourth-order valence-electron chi connectivity index (χ4n) is 4.27. The van der Waals surface area contributed by atoms with Crippen LogP contribution >= 0.6 is 0 Å². The van der Waals surface area contributed by atoms with Crippen molar-refractivity contribution < 1.29 is 23.1 Å². The molecule has 0 saturated carbocycles. The second kappa shape index (κ2) is 13.3. The van der Waals surface area contributed by atoms with Gasteiger partial charge in [-0.25, -0.2) is 4.79 Å². The van der Waals surface area contributed by atoms with Crippen molar-refractivity contribution in [2.24, 2.45) is 0 Å². The standard InChI is InChI=1S/C26H52O5Si2/c1-19(2)33(20(3)4,21(5)6)31-24(22(7)17-18-29-25(27)28-12)16-15-23(8)30-32(13,14)26(9,10)11/h15-17,19-21,23-24H,18H2,1-14H3/b16-15+,22-17-/t23-,24?/m0/s1. The minimum Gasteiger partial charge on any atom is -0.438 e. The smallest absolute Gasteiger partial charge is 0.438 e. The highest BCUT2D eigenvalue weighted by Gasteiger charge is 2.46. The highest BCUT2D eigenvalue weighted by atomic mass is 28.4. The van der Waals surface area contributed by atoms with Gasteiger partial charge in [-0.05, 0) is 60.3 Å². The first-order valence-corrected chi connectivity index (χ1v) is 17.4. The summed E-state index contributed by atoms with van der Waals surface area (Å²) in [5.74, 6) is 0. The van der Waals surface area contributed by atoms with E-state index in [4.69, 9.17) is 13.6 Å². The highest BCUT2D eigenvalue weighted by molar-refractivity contribution is 6.77. The molecule has 0 aromatic heterocycles. The number of methoxy groups -OCH3 is 1. The Balaban J connectivity index is 6.00. The van der Waals surface area contributed by atoms with Gasteiger partial charge in [-0.2, -0.15) is 0 Å². The van der Waals surface area contributed by atoms with Crippen LogP contribution in [0.3, 0.4) is 0 Å². The largest absolute Gasteiger partial charge is 0.508 e. The van der Waals surface area contributed by atoms with E-state index in [2.05, 4.69) is 99.2 Å². The highest BCUT2D eigenvalue weighted by Crippen LogP contribution is 2.44. The zero-order valence-corrected chi connectivity index (χ0v) is 25.9. The molecule has 5 nitrogen and oxygen atoms in total. The Hall–Kier alpha value is -0.896. The Labute approximate surface area is 206 Å². The van der Waals surface area contributed by atoms with Crippen LogP contribution in [0.1, 0.15) is 76.2 Å². The number of ether oxygens (including phenoxy) is 2. The van der Waals surface area contributed by atoms with Crippen molar-refractivity contribution in [1.82, 2.24) is 0 Å². The lowest BCUT2D eigenvalue weighted by Crippen LogP contribution is -2.50. The molecule has 1 unspecified atom stereocenters. The van der Waals surface area contributed by atoms with Crippen LogP contribution in [-0.2, 0) is 18.3 Å². The van der Waals surface area contributed by atoms with Crippen LogP contribution in [0.25, 0.3) is 0 Å². The van der Waals surface area contributed by atoms with E-state index >= 15 is 0 Å². The summed E-state index contributed by atoms with van der Waals surface area (Å²) in [5.41, 5.74) is 2.42. The molecular weight excluding hydrogens is 448 g/mol. The number of hydrogen-bond donors (Lipinski definition) is 0. The van der Waals surface area contributed by atoms with E-state index in [1.54, 1.807) is 0 Å². The van der Waals surface area contributed by atoms with Gasteiger partial charge in [0, 0.05) is 0 Å². The predicted octanol–water partition coefficient (Wildman–Crippen LogP) is 8.24. The van der Waals surface area contributed by atoms with Crippen LogP contribution in [0.4, 0.5) is 4.79 Å². The van der Waals surface area contributed by atoms with Crippen molar-refractivity contribution in [3.05, 3.63) is 23.8 Å². The SMILES string of the molecule is COC(=O)OC/C=C(/C)C(/C=C/[C@H](C)O[Si](C)(C)C(C)(C)C)O[Si](C(C)C)(C(C)C)C(C)C. The first kappa shape index (κ1) is 32.1. The average Bonchev–Trinajstić information content (AvgIpc) is 2.65. The predicted molar refractivity (Wildman–Crippen MR) is 145 cm³/mol. The summed E-state index contributed by atoms with van der Waals surface area (Å²) < 4.78 is 23.3. The second-order valence-electron chi connectivity index (χ2n) is 11.5. The quantitative estimate of drug-likeness (QED) is 0.153. The Morgan fingerprint density at radius 1 is 0.879 bits per heavy atom. The average molecular weight is 501 g/mol. The van der Waals surface area contributed by atoms with E-state index < -0.39 is 22.8 Å². The minimum atomic E-state index is -2.13. The third-order valence-electron chi connectivity index (χ3n) is 7.10. The molecule has 0 N–H and O–H groups in total. The number of rotatable bonds is 12. The van der Waals surface area contributed by atoms with Gasteiger partial charge < -0.3 is 18.3 Å². The Bertz CT molecular complexity index is 638. The Kier molecular flexibility index (Phi) is 12.9. The summed E-state index contributed by atoms with van der Waals surface area (Å²) in [5, 5.41) is 0.154. The van der Waals surface area contributed by atoms with Gasteiger partial charge in [0.2, 0.25) is 8.32 Å². The maximum atomic E-state index is 11.4. The monoisotopic (exact) mass is 500 g/mol. The summed E-state index contributed by atoms with van der Waals surface area (Å²) >= 11 is 0. The third-order valence-corrected chi connectivity index (χ3v) is 17.8. The molecule has 0 aromatic rings. The summed E-state index contributed by atoms with van der Waals surface area (Å²) in [7, 11) is -2.69. The molecule has 0 radical (unpaired) electrons. The fourth-order valence-corrected chi connectivity index (χ4v) is 11.1. The number of hydrogen-bond acceptors (Lipinski definition) is 5. The maximum absolute atomic E-state index is 11.4. The van der Waals surface area contributed by atoms with Crippen molar-refractivity contribution in [3.63, 3.8) is 0 Å². The lowest BCUT2D eigenvalue weighted by atomic mass is 10.1. The first-order chi connectivity index (χ1) is 14.9. The van der Waals surface area contributed by atoms with Gasteiger partial charge in [-0.15, -0.1) is 0 Å². The molecule has 0 aliphatic carbocycles. The molecule has 0 bridgehead atoms. The summed E-state index contributed by atoms with van der Waals surface area (Å²) in [4.78, 5) is 11.4. The third kappa shape index (κ3) is 9.34. The van der Waals surface area contributed by atoms with Gasteiger partial charge >= 0.3 is 6.16 Å². The van der Waals surface area contributed by atoms with E-state index in [9.17, 15) is 4.79 Å². The summed E-state index contributed by atoms with van der Waals surface area (Å²) in [6.45, 7) is 29.3. The molecule has 33 heavy (non-hydrogen) atoms. The van der Waals surface area contributed by atoms with Gasteiger partial charge in [0.25, 0.3) is 0 Å². The second-order valence-corrected chi connectivity index (χ2v) is 21.7. The Morgan fingerprint density at radius 3 is 1.76 bits per heavy atom. The normalized spacial score (nSPS) is 16.1. The van der Waals surface area contributed by atoms with Crippen molar-refractivity contribution >= 4 is 22.8 Å². The molecule has 0 spiro atoms. The molecule has 2 atom stereocenters. The summed E-state index contributed by atoms with van der Waals surface area (Å²) in [6.07, 6.45) is 5.28. The lowest BCUT2D eigenvalue weighted by molar-refractivity contribution is 0.0814. The molecule has 0 aromatic carbocycles. The van der Waals surface area contributed by atoms with Gasteiger partial charge in [0.15, 0.2) is 8.32 Å². The molecular formula is C26H52O5Si2.